The number of rotatable bonds is 10. The Balaban J connectivity index is 1.22. The molecule has 0 radical (unpaired) electrons. The minimum Gasteiger partial charge on any atom is -0.459 e. The van der Waals surface area contributed by atoms with Crippen molar-refractivity contribution >= 4 is 34.0 Å². The maximum Gasteiger partial charge on any atom is 0.405 e. The van der Waals surface area contributed by atoms with E-state index >= 15 is 0 Å². The van der Waals surface area contributed by atoms with Crippen molar-refractivity contribution in [1.82, 2.24) is 0 Å². The predicted molar refractivity (Wildman–Crippen MR) is 138 cm³/mol. The number of carbonyl (C=O) groups excluding carboxylic acids is 4. The van der Waals surface area contributed by atoms with Gasteiger partial charge < -0.3 is 18.9 Å². The summed E-state index contributed by atoms with van der Waals surface area (Å²) < 4.78 is 79.6. The Morgan fingerprint density at radius 3 is 2.29 bits per heavy atom. The Kier molecular flexibility index (Phi) is 8.60. The molecule has 7 atom stereocenters. The topological polar surface area (TPSA) is 160 Å². The van der Waals surface area contributed by atoms with Gasteiger partial charge in [0.1, 0.15) is 17.8 Å². The lowest BCUT2D eigenvalue weighted by atomic mass is 9.69. The Hall–Kier alpha value is -2.35. The van der Waals surface area contributed by atoms with Crippen molar-refractivity contribution in [1.29, 1.82) is 0 Å². The number of alkyl halides is 2. The monoisotopic (exact) mass is 620 g/mol. The molecule has 0 aromatic rings. The van der Waals surface area contributed by atoms with Crippen LogP contribution in [-0.4, -0.2) is 66.0 Å². The van der Waals surface area contributed by atoms with E-state index in [-0.39, 0.29) is 11.8 Å². The van der Waals surface area contributed by atoms with E-state index in [4.69, 9.17) is 18.8 Å². The largest absolute Gasteiger partial charge is 0.459 e. The van der Waals surface area contributed by atoms with Gasteiger partial charge in [0.05, 0.1) is 24.7 Å². The summed E-state index contributed by atoms with van der Waals surface area (Å²) >= 11 is 0. The van der Waals surface area contributed by atoms with Crippen molar-refractivity contribution in [3.63, 3.8) is 0 Å². The molecule has 1 N–H and O–H groups in total. The maximum absolute atomic E-state index is 13.8. The average molecular weight is 621 g/mol. The van der Waals surface area contributed by atoms with Crippen LogP contribution < -0.4 is 0 Å². The van der Waals surface area contributed by atoms with Crippen LogP contribution in [0.4, 0.5) is 8.78 Å². The number of hydrogen-bond donors (Lipinski definition) is 1. The lowest BCUT2D eigenvalue weighted by Crippen LogP contribution is -2.49. The van der Waals surface area contributed by atoms with Crippen LogP contribution >= 0.6 is 0 Å². The minimum absolute atomic E-state index is 0.283. The first-order valence-electron chi connectivity index (χ1n) is 14.9. The van der Waals surface area contributed by atoms with Crippen LogP contribution in [0.1, 0.15) is 90.4 Å². The second-order valence-electron chi connectivity index (χ2n) is 12.5. The summed E-state index contributed by atoms with van der Waals surface area (Å²) in [6.45, 7) is 0.592. The van der Waals surface area contributed by atoms with Crippen LogP contribution in [0, 0.1) is 29.6 Å². The van der Waals surface area contributed by atoms with E-state index < -0.39 is 93.8 Å². The maximum atomic E-state index is 13.8. The summed E-state index contributed by atoms with van der Waals surface area (Å²) in [6, 6.07) is 0. The van der Waals surface area contributed by atoms with E-state index in [1.54, 1.807) is 0 Å². The average Bonchev–Trinajstić information content (AvgIpc) is 3.56. The molecular weight excluding hydrogens is 582 g/mol. The molecule has 5 fully saturated rings. The number of fused-ring (bicyclic) bond motifs is 1. The third kappa shape index (κ3) is 5.65. The van der Waals surface area contributed by atoms with E-state index in [2.05, 4.69) is 4.74 Å². The van der Waals surface area contributed by atoms with Crippen molar-refractivity contribution in [3.8, 4) is 0 Å². The molecule has 4 saturated carbocycles. The molecular formula is C28H38F2O11S. The third-order valence-electron chi connectivity index (χ3n) is 10.1. The van der Waals surface area contributed by atoms with Gasteiger partial charge in [-0.15, -0.1) is 0 Å². The van der Waals surface area contributed by atoms with Crippen LogP contribution in [0.2, 0.25) is 0 Å². The first-order valence-corrected chi connectivity index (χ1v) is 16.4. The van der Waals surface area contributed by atoms with Crippen LogP contribution in [0.3, 0.4) is 0 Å². The molecule has 2 bridgehead atoms. The zero-order valence-corrected chi connectivity index (χ0v) is 24.3. The van der Waals surface area contributed by atoms with Gasteiger partial charge in [0.15, 0.2) is 6.10 Å². The molecule has 236 valence electrons. The van der Waals surface area contributed by atoms with Gasteiger partial charge in [-0.2, -0.15) is 17.2 Å². The van der Waals surface area contributed by atoms with E-state index in [1.165, 1.54) is 6.42 Å². The van der Waals surface area contributed by atoms with Gasteiger partial charge in [-0.25, -0.2) is 0 Å². The molecule has 1 aliphatic heterocycles. The predicted octanol–water partition coefficient (Wildman–Crippen LogP) is 3.72. The lowest BCUT2D eigenvalue weighted by Gasteiger charge is -2.45. The second-order valence-corrected chi connectivity index (χ2v) is 14.0. The van der Waals surface area contributed by atoms with E-state index in [0.717, 1.165) is 57.8 Å². The molecule has 0 aromatic carbocycles. The standard InChI is InChI=1S/C28H38F2O11S/c1-15(28(29,30)42(35,36)37)38-19(31)10-11-20(32)39-23-18-14-17-21(25(33)40-24(17)23)22(18)26(34)41-27(12-6-3-7-13-27)16-8-4-2-5-9-16/h15-18,21-24H,2-14H2,1H3,(H,35,36,37). The number of ether oxygens (including phenoxy) is 4. The van der Waals surface area contributed by atoms with Crippen molar-refractivity contribution in [2.24, 2.45) is 29.6 Å². The van der Waals surface area contributed by atoms with Gasteiger partial charge in [-0.1, -0.05) is 25.7 Å². The molecule has 14 heteroatoms. The SMILES string of the molecule is CC(OC(=O)CCC(=O)OC1C2CC3C1OC(=O)C3C2C(=O)OC1(C2CCCCC2)CCCCC1)C(F)(F)S(=O)(=O)O. The highest BCUT2D eigenvalue weighted by Gasteiger charge is 2.70. The highest BCUT2D eigenvalue weighted by Crippen LogP contribution is 2.59. The highest BCUT2D eigenvalue weighted by atomic mass is 32.2. The summed E-state index contributed by atoms with van der Waals surface area (Å²) in [6.07, 6.45) is 5.04. The van der Waals surface area contributed by atoms with Crippen molar-refractivity contribution in [3.05, 3.63) is 0 Å². The van der Waals surface area contributed by atoms with Crippen molar-refractivity contribution in [2.75, 3.05) is 0 Å². The summed E-state index contributed by atoms with van der Waals surface area (Å²) in [5.74, 6) is -5.14. The van der Waals surface area contributed by atoms with Crippen molar-refractivity contribution in [2.45, 2.75) is 120 Å². The highest BCUT2D eigenvalue weighted by molar-refractivity contribution is 7.86. The quantitative estimate of drug-likeness (QED) is 0.215. The molecule has 5 aliphatic rings. The minimum atomic E-state index is -5.82. The zero-order valence-electron chi connectivity index (χ0n) is 23.5. The molecule has 7 unspecified atom stereocenters. The number of halogens is 2. The molecule has 0 aromatic heterocycles. The van der Waals surface area contributed by atoms with Crippen LogP contribution in [0.5, 0.6) is 0 Å². The summed E-state index contributed by atoms with van der Waals surface area (Å²) in [4.78, 5) is 51.3. The Bertz CT molecular complexity index is 1190. The molecule has 42 heavy (non-hydrogen) atoms. The van der Waals surface area contributed by atoms with Gasteiger partial charge in [-0.3, -0.25) is 23.7 Å². The zero-order chi connectivity index (χ0) is 30.4. The van der Waals surface area contributed by atoms with Crippen molar-refractivity contribution < 1.29 is 59.9 Å². The Morgan fingerprint density at radius 2 is 1.64 bits per heavy atom. The first kappa shape index (κ1) is 31.1. The summed E-state index contributed by atoms with van der Waals surface area (Å²) in [5, 5.41) is -4.73. The number of hydrogen-bond acceptors (Lipinski definition) is 10. The van der Waals surface area contributed by atoms with Crippen LogP contribution in [0.25, 0.3) is 0 Å². The Labute approximate surface area is 243 Å². The third-order valence-corrected chi connectivity index (χ3v) is 11.1. The van der Waals surface area contributed by atoms with Gasteiger partial charge in [0.2, 0.25) is 0 Å². The fourth-order valence-corrected chi connectivity index (χ4v) is 8.53. The lowest BCUT2D eigenvalue weighted by molar-refractivity contribution is -0.186. The summed E-state index contributed by atoms with van der Waals surface area (Å²) in [5.41, 5.74) is -0.546. The first-order chi connectivity index (χ1) is 19.7. The van der Waals surface area contributed by atoms with Crippen LogP contribution in [-0.2, 0) is 48.2 Å². The number of carbonyl (C=O) groups is 4. The summed E-state index contributed by atoms with van der Waals surface area (Å²) in [7, 11) is -5.82. The molecule has 1 heterocycles. The normalized spacial score (nSPS) is 33.1. The van der Waals surface area contributed by atoms with Gasteiger partial charge in [0.25, 0.3) is 0 Å². The smallest absolute Gasteiger partial charge is 0.405 e. The van der Waals surface area contributed by atoms with Crippen LogP contribution in [0.15, 0.2) is 0 Å². The Morgan fingerprint density at radius 1 is 1.02 bits per heavy atom. The van der Waals surface area contributed by atoms with E-state index in [0.29, 0.717) is 13.3 Å². The fraction of sp³-hybridized carbons (Fsp3) is 0.857. The molecule has 4 aliphatic carbocycles. The van der Waals surface area contributed by atoms with E-state index in [9.17, 15) is 36.4 Å². The fourth-order valence-electron chi connectivity index (χ4n) is 8.06. The molecule has 0 spiro atoms. The molecule has 5 rings (SSSR count). The second kappa shape index (κ2) is 11.6. The van der Waals surface area contributed by atoms with Gasteiger partial charge >= 0.3 is 39.2 Å². The molecule has 1 saturated heterocycles. The van der Waals surface area contributed by atoms with E-state index in [1.807, 2.05) is 0 Å². The van der Waals surface area contributed by atoms with Gasteiger partial charge in [-0.05, 0) is 57.8 Å². The number of esters is 4. The molecule has 11 nitrogen and oxygen atoms in total. The van der Waals surface area contributed by atoms with Gasteiger partial charge in [0, 0.05) is 11.8 Å². The molecule has 0 amide bonds.